The first-order chi connectivity index (χ1) is 14.6. The Labute approximate surface area is 180 Å². The summed E-state index contributed by atoms with van der Waals surface area (Å²) in [6, 6.07) is 7.53. The molecule has 1 aromatic carbocycles. The Hall–Kier alpha value is -3.00. The molecule has 0 N–H and O–H groups in total. The third-order valence-corrected chi connectivity index (χ3v) is 5.54. The van der Waals surface area contributed by atoms with Crippen LogP contribution in [0.25, 0.3) is 6.08 Å². The maximum absolute atomic E-state index is 12.7. The van der Waals surface area contributed by atoms with E-state index in [0.717, 1.165) is 43.6 Å². The Morgan fingerprint density at radius 2 is 2.13 bits per heavy atom. The normalized spacial score (nSPS) is 15.2. The van der Waals surface area contributed by atoms with Crippen molar-refractivity contribution in [3.05, 3.63) is 64.7 Å². The minimum absolute atomic E-state index is 0.0307. The molecular weight excluding hydrogens is 402 g/mol. The molecule has 1 amide bonds. The quantitative estimate of drug-likeness (QED) is 0.567. The zero-order valence-electron chi connectivity index (χ0n) is 16.9. The van der Waals surface area contributed by atoms with E-state index >= 15 is 0 Å². The molecule has 0 aliphatic carbocycles. The van der Waals surface area contributed by atoms with Crippen molar-refractivity contribution in [1.82, 2.24) is 34.9 Å². The number of amides is 1. The van der Waals surface area contributed by atoms with Gasteiger partial charge in [-0.2, -0.15) is 9.90 Å². The largest absolute Gasteiger partial charge is 0.339 e. The average Bonchev–Trinajstić information content (AvgIpc) is 3.39. The second-order valence-corrected chi connectivity index (χ2v) is 7.98. The number of aromatic nitrogens is 6. The fourth-order valence-corrected chi connectivity index (χ4v) is 3.89. The molecule has 0 bridgehead atoms. The van der Waals surface area contributed by atoms with E-state index in [4.69, 9.17) is 11.6 Å². The SMILES string of the molecule is Cc1nnn(Cc2cc(Cl)ccc2/C=C/C(=O)N2CCC(Cn3cccn3)CC2)n1. The summed E-state index contributed by atoms with van der Waals surface area (Å²) in [5.41, 5.74) is 1.85. The number of halogens is 1. The average molecular weight is 426 g/mol. The van der Waals surface area contributed by atoms with Crippen LogP contribution in [-0.2, 0) is 17.9 Å². The highest BCUT2D eigenvalue weighted by atomic mass is 35.5. The molecule has 3 heterocycles. The third-order valence-electron chi connectivity index (χ3n) is 5.31. The van der Waals surface area contributed by atoms with Gasteiger partial charge in [0.05, 0.1) is 6.54 Å². The lowest BCUT2D eigenvalue weighted by molar-refractivity contribution is -0.127. The van der Waals surface area contributed by atoms with Crippen LogP contribution in [0.1, 0.15) is 29.8 Å². The van der Waals surface area contributed by atoms with E-state index < -0.39 is 0 Å². The maximum Gasteiger partial charge on any atom is 0.246 e. The Kier molecular flexibility index (Phi) is 6.23. The van der Waals surface area contributed by atoms with Gasteiger partial charge in [0, 0.05) is 43.1 Å². The topological polar surface area (TPSA) is 81.7 Å². The monoisotopic (exact) mass is 425 g/mol. The summed E-state index contributed by atoms with van der Waals surface area (Å²) >= 11 is 6.17. The van der Waals surface area contributed by atoms with Crippen LogP contribution in [0.2, 0.25) is 5.02 Å². The summed E-state index contributed by atoms with van der Waals surface area (Å²) in [5, 5.41) is 17.0. The fraction of sp³-hybridized carbons (Fsp3) is 0.381. The van der Waals surface area contributed by atoms with Gasteiger partial charge in [0.15, 0.2) is 5.82 Å². The van der Waals surface area contributed by atoms with Crippen molar-refractivity contribution >= 4 is 23.6 Å². The molecule has 0 radical (unpaired) electrons. The maximum atomic E-state index is 12.7. The highest BCUT2D eigenvalue weighted by Crippen LogP contribution is 2.21. The van der Waals surface area contributed by atoms with E-state index in [-0.39, 0.29) is 5.91 Å². The van der Waals surface area contributed by atoms with Gasteiger partial charge in [-0.3, -0.25) is 9.48 Å². The highest BCUT2D eigenvalue weighted by Gasteiger charge is 2.22. The van der Waals surface area contributed by atoms with E-state index in [2.05, 4.69) is 20.5 Å². The molecule has 8 nitrogen and oxygen atoms in total. The van der Waals surface area contributed by atoms with E-state index in [0.29, 0.717) is 23.3 Å². The molecule has 0 spiro atoms. The van der Waals surface area contributed by atoms with Crippen LogP contribution in [0.15, 0.2) is 42.7 Å². The fourth-order valence-electron chi connectivity index (χ4n) is 3.69. The molecule has 3 aromatic rings. The van der Waals surface area contributed by atoms with Gasteiger partial charge in [0.1, 0.15) is 0 Å². The molecule has 30 heavy (non-hydrogen) atoms. The van der Waals surface area contributed by atoms with Crippen LogP contribution in [-0.4, -0.2) is 53.9 Å². The Morgan fingerprint density at radius 3 is 2.83 bits per heavy atom. The second kappa shape index (κ2) is 9.21. The van der Waals surface area contributed by atoms with Crippen LogP contribution in [0.5, 0.6) is 0 Å². The summed E-state index contributed by atoms with van der Waals surface area (Å²) in [6.45, 7) is 4.68. The number of hydrogen-bond acceptors (Lipinski definition) is 5. The number of aryl methyl sites for hydroxylation is 1. The molecule has 1 fully saturated rings. The van der Waals surface area contributed by atoms with Crippen LogP contribution in [0, 0.1) is 12.8 Å². The van der Waals surface area contributed by atoms with Crippen LogP contribution in [0.3, 0.4) is 0 Å². The lowest BCUT2D eigenvalue weighted by atomic mass is 9.96. The lowest BCUT2D eigenvalue weighted by Crippen LogP contribution is -2.38. The van der Waals surface area contributed by atoms with Crippen molar-refractivity contribution in [2.24, 2.45) is 5.92 Å². The number of hydrogen-bond donors (Lipinski definition) is 0. The third kappa shape index (κ3) is 5.13. The molecule has 1 saturated heterocycles. The standard InChI is InChI=1S/C21H24ClN7O/c1-16-24-26-29(25-16)15-19-13-20(22)5-3-18(19)4-6-21(30)27-11-7-17(8-12-27)14-28-10-2-9-23-28/h2-6,9-10,13,17H,7-8,11-12,14-15H2,1H3/b6-4+. The molecular formula is C21H24ClN7O. The van der Waals surface area contributed by atoms with Crippen LogP contribution >= 0.6 is 11.6 Å². The summed E-state index contributed by atoms with van der Waals surface area (Å²) in [5.74, 6) is 1.20. The molecule has 0 atom stereocenters. The first-order valence-corrected chi connectivity index (χ1v) is 10.4. The Morgan fingerprint density at radius 1 is 1.30 bits per heavy atom. The van der Waals surface area contributed by atoms with E-state index in [9.17, 15) is 4.79 Å². The Balaban J connectivity index is 1.37. The van der Waals surface area contributed by atoms with Gasteiger partial charge < -0.3 is 4.90 Å². The number of piperidine rings is 1. The number of carbonyl (C=O) groups is 1. The number of rotatable bonds is 6. The van der Waals surface area contributed by atoms with Crippen molar-refractivity contribution in [3.63, 3.8) is 0 Å². The van der Waals surface area contributed by atoms with Crippen molar-refractivity contribution in [2.75, 3.05) is 13.1 Å². The predicted molar refractivity (Wildman–Crippen MR) is 114 cm³/mol. The summed E-state index contributed by atoms with van der Waals surface area (Å²) < 4.78 is 1.97. The molecule has 1 aliphatic rings. The first-order valence-electron chi connectivity index (χ1n) is 10.0. The van der Waals surface area contributed by atoms with Gasteiger partial charge >= 0.3 is 0 Å². The van der Waals surface area contributed by atoms with E-state index in [1.807, 2.05) is 46.1 Å². The van der Waals surface area contributed by atoms with E-state index in [1.165, 1.54) is 4.80 Å². The van der Waals surface area contributed by atoms with Crippen molar-refractivity contribution in [3.8, 4) is 0 Å². The van der Waals surface area contributed by atoms with Crippen LogP contribution < -0.4 is 0 Å². The summed E-state index contributed by atoms with van der Waals surface area (Å²) in [4.78, 5) is 16.1. The van der Waals surface area contributed by atoms with Crippen molar-refractivity contribution in [2.45, 2.75) is 32.9 Å². The van der Waals surface area contributed by atoms with Gasteiger partial charge in [-0.15, -0.1) is 10.2 Å². The van der Waals surface area contributed by atoms with Crippen molar-refractivity contribution in [1.29, 1.82) is 0 Å². The molecule has 1 aliphatic heterocycles. The molecule has 9 heteroatoms. The number of benzene rings is 1. The molecule has 4 rings (SSSR count). The predicted octanol–water partition coefficient (Wildman–Crippen LogP) is 2.83. The first kappa shape index (κ1) is 20.3. The number of tetrazole rings is 1. The lowest BCUT2D eigenvalue weighted by Gasteiger charge is -2.31. The number of nitrogens with zero attached hydrogens (tertiary/aromatic N) is 7. The van der Waals surface area contributed by atoms with Gasteiger partial charge in [-0.05, 0) is 66.3 Å². The molecule has 2 aromatic heterocycles. The highest BCUT2D eigenvalue weighted by molar-refractivity contribution is 6.30. The van der Waals surface area contributed by atoms with Gasteiger partial charge in [-0.1, -0.05) is 17.7 Å². The second-order valence-electron chi connectivity index (χ2n) is 7.54. The Bertz CT molecular complexity index is 1020. The zero-order chi connectivity index (χ0) is 20.9. The summed E-state index contributed by atoms with van der Waals surface area (Å²) in [7, 11) is 0. The molecule has 156 valence electrons. The smallest absolute Gasteiger partial charge is 0.246 e. The minimum Gasteiger partial charge on any atom is -0.339 e. The minimum atomic E-state index is 0.0307. The summed E-state index contributed by atoms with van der Waals surface area (Å²) in [6.07, 6.45) is 9.24. The molecule has 0 saturated carbocycles. The van der Waals surface area contributed by atoms with Crippen molar-refractivity contribution < 1.29 is 4.79 Å². The van der Waals surface area contributed by atoms with Crippen LogP contribution in [0.4, 0.5) is 0 Å². The zero-order valence-corrected chi connectivity index (χ0v) is 17.6. The van der Waals surface area contributed by atoms with E-state index in [1.54, 1.807) is 19.2 Å². The molecule has 0 unspecified atom stereocenters. The number of likely N-dealkylation sites (tertiary alicyclic amines) is 1. The van der Waals surface area contributed by atoms with Gasteiger partial charge in [0.25, 0.3) is 0 Å². The van der Waals surface area contributed by atoms with Gasteiger partial charge in [0.2, 0.25) is 5.91 Å². The number of carbonyl (C=O) groups excluding carboxylic acids is 1. The van der Waals surface area contributed by atoms with Gasteiger partial charge in [-0.25, -0.2) is 0 Å².